The lowest BCUT2D eigenvalue weighted by molar-refractivity contribution is 0.312. The second-order valence-electron chi connectivity index (χ2n) is 3.53. The molecule has 0 aromatic heterocycles. The molecule has 1 N–H and O–H groups in total. The standard InChI is InChI=1S/C12H17BrClNO/c1-2-3-6-15-7-8-16-12-5-4-10(14)9-11(12)13/h4-5,9,15H,2-3,6-8H2,1H3. The average Bonchev–Trinajstić information content (AvgIpc) is 2.26. The number of unbranched alkanes of at least 4 members (excludes halogenated alkanes) is 1. The average molecular weight is 307 g/mol. The first-order chi connectivity index (χ1) is 7.74. The van der Waals surface area contributed by atoms with Gasteiger partial charge >= 0.3 is 0 Å². The van der Waals surface area contributed by atoms with E-state index in [0.717, 1.165) is 23.3 Å². The van der Waals surface area contributed by atoms with Crippen LogP contribution >= 0.6 is 27.5 Å². The Bertz CT molecular complexity index is 320. The van der Waals surface area contributed by atoms with Gasteiger partial charge in [-0.25, -0.2) is 0 Å². The van der Waals surface area contributed by atoms with Crippen LogP contribution in [0.25, 0.3) is 0 Å². The highest BCUT2D eigenvalue weighted by atomic mass is 79.9. The molecule has 90 valence electrons. The second kappa shape index (κ2) is 7.93. The van der Waals surface area contributed by atoms with Crippen molar-refractivity contribution >= 4 is 27.5 Å². The highest BCUT2D eigenvalue weighted by Crippen LogP contribution is 2.27. The molecule has 16 heavy (non-hydrogen) atoms. The summed E-state index contributed by atoms with van der Waals surface area (Å²) in [5.74, 6) is 0.835. The molecule has 0 aliphatic heterocycles. The normalized spacial score (nSPS) is 10.4. The third-order valence-corrected chi connectivity index (χ3v) is 2.99. The third kappa shape index (κ3) is 5.19. The number of nitrogens with one attached hydrogen (secondary N) is 1. The van der Waals surface area contributed by atoms with Crippen molar-refractivity contribution < 1.29 is 4.74 Å². The van der Waals surface area contributed by atoms with Crippen molar-refractivity contribution in [1.82, 2.24) is 5.32 Å². The number of hydrogen-bond acceptors (Lipinski definition) is 2. The summed E-state index contributed by atoms with van der Waals surface area (Å²) in [7, 11) is 0. The van der Waals surface area contributed by atoms with Gasteiger partial charge in [-0.2, -0.15) is 0 Å². The Hall–Kier alpha value is -0.250. The predicted molar refractivity (Wildman–Crippen MR) is 72.4 cm³/mol. The van der Waals surface area contributed by atoms with Gasteiger partial charge in [0.05, 0.1) is 4.47 Å². The lowest BCUT2D eigenvalue weighted by atomic mass is 10.3. The monoisotopic (exact) mass is 305 g/mol. The van der Waals surface area contributed by atoms with Gasteiger partial charge in [-0.1, -0.05) is 24.9 Å². The van der Waals surface area contributed by atoms with E-state index in [4.69, 9.17) is 16.3 Å². The Balaban J connectivity index is 2.21. The van der Waals surface area contributed by atoms with Crippen LogP contribution in [0.15, 0.2) is 22.7 Å². The van der Waals surface area contributed by atoms with Gasteiger partial charge in [0.15, 0.2) is 0 Å². The van der Waals surface area contributed by atoms with E-state index >= 15 is 0 Å². The molecule has 0 saturated carbocycles. The van der Waals surface area contributed by atoms with Crippen LogP contribution in [0.3, 0.4) is 0 Å². The van der Waals surface area contributed by atoms with E-state index in [1.54, 1.807) is 0 Å². The summed E-state index contributed by atoms with van der Waals surface area (Å²) in [5, 5.41) is 4.03. The van der Waals surface area contributed by atoms with E-state index in [1.807, 2.05) is 18.2 Å². The van der Waals surface area contributed by atoms with Gasteiger partial charge in [-0.05, 0) is 47.1 Å². The molecule has 2 nitrogen and oxygen atoms in total. The van der Waals surface area contributed by atoms with Gasteiger partial charge in [-0.3, -0.25) is 0 Å². The molecule has 0 spiro atoms. The smallest absolute Gasteiger partial charge is 0.133 e. The van der Waals surface area contributed by atoms with Gasteiger partial charge < -0.3 is 10.1 Å². The van der Waals surface area contributed by atoms with Gasteiger partial charge in [0.1, 0.15) is 12.4 Å². The SMILES string of the molecule is CCCCNCCOc1ccc(Cl)cc1Br. The van der Waals surface area contributed by atoms with Crippen molar-refractivity contribution in [2.75, 3.05) is 19.7 Å². The fourth-order valence-electron chi connectivity index (χ4n) is 1.25. The second-order valence-corrected chi connectivity index (χ2v) is 4.82. The van der Waals surface area contributed by atoms with Crippen LogP contribution < -0.4 is 10.1 Å². The first-order valence-electron chi connectivity index (χ1n) is 5.52. The quantitative estimate of drug-likeness (QED) is 0.772. The van der Waals surface area contributed by atoms with Crippen molar-refractivity contribution in [1.29, 1.82) is 0 Å². The topological polar surface area (TPSA) is 21.3 Å². The molecule has 1 rings (SSSR count). The van der Waals surface area contributed by atoms with Crippen LogP contribution in [-0.2, 0) is 0 Å². The molecular formula is C12H17BrClNO. The summed E-state index contributed by atoms with van der Waals surface area (Å²) < 4.78 is 6.50. The molecular weight excluding hydrogens is 289 g/mol. The molecule has 0 radical (unpaired) electrons. The number of halogens is 2. The maximum absolute atomic E-state index is 5.84. The highest BCUT2D eigenvalue weighted by Gasteiger charge is 2.00. The fourth-order valence-corrected chi connectivity index (χ4v) is 2.05. The zero-order chi connectivity index (χ0) is 11.8. The van der Waals surface area contributed by atoms with E-state index in [0.29, 0.717) is 11.6 Å². The zero-order valence-electron chi connectivity index (χ0n) is 9.43. The number of hydrogen-bond donors (Lipinski definition) is 1. The number of ether oxygens (including phenoxy) is 1. The van der Waals surface area contributed by atoms with Crippen LogP contribution in [0.5, 0.6) is 5.75 Å². The maximum Gasteiger partial charge on any atom is 0.133 e. The molecule has 1 aromatic rings. The van der Waals surface area contributed by atoms with Crippen molar-refractivity contribution in [3.05, 3.63) is 27.7 Å². The van der Waals surface area contributed by atoms with Crippen molar-refractivity contribution in [3.63, 3.8) is 0 Å². The Kier molecular flexibility index (Phi) is 6.85. The Morgan fingerprint density at radius 1 is 1.38 bits per heavy atom. The van der Waals surface area contributed by atoms with Crippen LogP contribution in [0.4, 0.5) is 0 Å². The van der Waals surface area contributed by atoms with E-state index < -0.39 is 0 Å². The van der Waals surface area contributed by atoms with Crippen molar-refractivity contribution in [3.8, 4) is 5.75 Å². The lowest BCUT2D eigenvalue weighted by Crippen LogP contribution is -2.22. The van der Waals surface area contributed by atoms with Crippen LogP contribution in [-0.4, -0.2) is 19.7 Å². The van der Waals surface area contributed by atoms with Crippen LogP contribution in [0.2, 0.25) is 5.02 Å². The first-order valence-corrected chi connectivity index (χ1v) is 6.69. The number of benzene rings is 1. The minimum atomic E-state index is 0.671. The third-order valence-electron chi connectivity index (χ3n) is 2.14. The molecule has 0 bridgehead atoms. The largest absolute Gasteiger partial charge is 0.491 e. The summed E-state index contributed by atoms with van der Waals surface area (Å²) in [4.78, 5) is 0. The minimum Gasteiger partial charge on any atom is -0.491 e. The Labute approximate surface area is 110 Å². The van der Waals surface area contributed by atoms with Gasteiger partial charge in [0.25, 0.3) is 0 Å². The summed E-state index contributed by atoms with van der Waals surface area (Å²) in [6, 6.07) is 5.53. The molecule has 0 aliphatic rings. The van der Waals surface area contributed by atoms with E-state index in [2.05, 4.69) is 28.2 Å². The molecule has 0 heterocycles. The van der Waals surface area contributed by atoms with E-state index in [-0.39, 0.29) is 0 Å². The van der Waals surface area contributed by atoms with Crippen molar-refractivity contribution in [2.45, 2.75) is 19.8 Å². The van der Waals surface area contributed by atoms with Gasteiger partial charge in [0, 0.05) is 11.6 Å². The summed E-state index contributed by atoms with van der Waals surface area (Å²) >= 11 is 9.25. The summed E-state index contributed by atoms with van der Waals surface area (Å²) in [5.41, 5.74) is 0. The fraction of sp³-hybridized carbons (Fsp3) is 0.500. The molecule has 0 aliphatic carbocycles. The van der Waals surface area contributed by atoms with Gasteiger partial charge in [-0.15, -0.1) is 0 Å². The van der Waals surface area contributed by atoms with Crippen molar-refractivity contribution in [2.24, 2.45) is 0 Å². The van der Waals surface area contributed by atoms with Crippen LogP contribution in [0.1, 0.15) is 19.8 Å². The molecule has 0 unspecified atom stereocenters. The molecule has 1 aromatic carbocycles. The Morgan fingerprint density at radius 3 is 2.88 bits per heavy atom. The molecule has 4 heteroatoms. The molecule has 0 atom stereocenters. The summed E-state index contributed by atoms with van der Waals surface area (Å²) in [6.45, 7) is 4.78. The molecule has 0 saturated heterocycles. The maximum atomic E-state index is 5.84. The summed E-state index contributed by atoms with van der Waals surface area (Å²) in [6.07, 6.45) is 2.43. The van der Waals surface area contributed by atoms with E-state index in [9.17, 15) is 0 Å². The first kappa shape index (κ1) is 13.8. The molecule has 0 amide bonds. The number of rotatable bonds is 7. The molecule has 0 fully saturated rings. The lowest BCUT2D eigenvalue weighted by Gasteiger charge is -2.09. The van der Waals surface area contributed by atoms with Crippen LogP contribution in [0, 0.1) is 0 Å². The highest BCUT2D eigenvalue weighted by molar-refractivity contribution is 9.10. The van der Waals surface area contributed by atoms with Gasteiger partial charge in [0.2, 0.25) is 0 Å². The Morgan fingerprint density at radius 2 is 2.19 bits per heavy atom. The predicted octanol–water partition coefficient (Wildman–Crippen LogP) is 3.87. The minimum absolute atomic E-state index is 0.671. The van der Waals surface area contributed by atoms with E-state index in [1.165, 1.54) is 12.8 Å². The zero-order valence-corrected chi connectivity index (χ0v) is 11.8.